The number of benzene rings is 1. The number of nitro benzene ring substituents is 1. The number of hydrogen-bond donors (Lipinski definition) is 2. The number of para-hydroxylation sites is 2. The first-order valence-corrected chi connectivity index (χ1v) is 6.78. The Morgan fingerprint density at radius 3 is 2.55 bits per heavy atom. The number of carboxylic acids is 1. The highest BCUT2D eigenvalue weighted by atomic mass is 16.6. The lowest BCUT2D eigenvalue weighted by Crippen LogP contribution is -2.25. The molecular weight excluding hydrogens is 260 g/mol. The standard InChI is InChI=1S/C14H18N2O4/c17-14(18)11-7-5-10(6-8-11)9-15-12-3-1-2-4-13(12)16(19)20/h1-4,10-11,15H,5-9H2,(H,17,18). The summed E-state index contributed by atoms with van der Waals surface area (Å²) in [5.41, 5.74) is 0.601. The Morgan fingerprint density at radius 1 is 1.30 bits per heavy atom. The molecule has 108 valence electrons. The Bertz CT molecular complexity index is 496. The van der Waals surface area contributed by atoms with Crippen molar-refractivity contribution in [1.82, 2.24) is 0 Å². The molecular formula is C14H18N2O4. The van der Waals surface area contributed by atoms with Crippen molar-refractivity contribution in [1.29, 1.82) is 0 Å². The molecule has 1 fully saturated rings. The van der Waals surface area contributed by atoms with Gasteiger partial charge in [-0.05, 0) is 37.7 Å². The van der Waals surface area contributed by atoms with Gasteiger partial charge in [0.1, 0.15) is 5.69 Å². The van der Waals surface area contributed by atoms with Crippen LogP contribution in [0.15, 0.2) is 24.3 Å². The summed E-state index contributed by atoms with van der Waals surface area (Å²) in [5.74, 6) is -0.558. The van der Waals surface area contributed by atoms with Gasteiger partial charge in [0, 0.05) is 12.6 Å². The maximum atomic E-state index is 10.9. The van der Waals surface area contributed by atoms with Gasteiger partial charge in [-0.2, -0.15) is 0 Å². The van der Waals surface area contributed by atoms with Gasteiger partial charge < -0.3 is 10.4 Å². The number of hydrogen-bond acceptors (Lipinski definition) is 4. The van der Waals surface area contributed by atoms with Gasteiger partial charge in [0.25, 0.3) is 5.69 Å². The fraction of sp³-hybridized carbons (Fsp3) is 0.500. The number of carboxylic acid groups (broad SMARTS) is 1. The molecule has 0 bridgehead atoms. The van der Waals surface area contributed by atoms with E-state index in [-0.39, 0.29) is 11.6 Å². The minimum absolute atomic E-state index is 0.0757. The minimum atomic E-state index is -0.713. The molecule has 2 rings (SSSR count). The molecule has 1 aliphatic rings. The van der Waals surface area contributed by atoms with Crippen LogP contribution in [0.3, 0.4) is 0 Å². The monoisotopic (exact) mass is 278 g/mol. The number of nitrogens with zero attached hydrogens (tertiary/aromatic N) is 1. The highest BCUT2D eigenvalue weighted by molar-refractivity contribution is 5.70. The number of carbonyl (C=O) groups is 1. The summed E-state index contributed by atoms with van der Waals surface area (Å²) in [6.45, 7) is 0.650. The van der Waals surface area contributed by atoms with Crippen LogP contribution >= 0.6 is 0 Å². The van der Waals surface area contributed by atoms with Crippen molar-refractivity contribution < 1.29 is 14.8 Å². The van der Waals surface area contributed by atoms with Crippen molar-refractivity contribution in [3.63, 3.8) is 0 Å². The Kier molecular flexibility index (Phi) is 4.55. The third-order valence-electron chi connectivity index (χ3n) is 3.88. The second-order valence-electron chi connectivity index (χ2n) is 5.21. The largest absolute Gasteiger partial charge is 0.481 e. The first kappa shape index (κ1) is 14.3. The second kappa shape index (κ2) is 6.36. The van der Waals surface area contributed by atoms with Crippen molar-refractivity contribution in [3.05, 3.63) is 34.4 Å². The van der Waals surface area contributed by atoms with Crippen LogP contribution in [0.4, 0.5) is 11.4 Å². The van der Waals surface area contributed by atoms with Crippen LogP contribution in [0, 0.1) is 22.0 Å². The molecule has 6 nitrogen and oxygen atoms in total. The molecule has 2 N–H and O–H groups in total. The summed E-state index contributed by atoms with van der Waals surface area (Å²) in [6.07, 6.45) is 3.09. The molecule has 0 heterocycles. The van der Waals surface area contributed by atoms with E-state index in [2.05, 4.69) is 5.32 Å². The van der Waals surface area contributed by atoms with Crippen LogP contribution in [0.5, 0.6) is 0 Å². The fourth-order valence-electron chi connectivity index (χ4n) is 2.65. The first-order chi connectivity index (χ1) is 9.58. The number of nitro groups is 1. The van der Waals surface area contributed by atoms with Gasteiger partial charge in [0.2, 0.25) is 0 Å². The van der Waals surface area contributed by atoms with Crippen LogP contribution in [0.25, 0.3) is 0 Å². The average molecular weight is 278 g/mol. The van der Waals surface area contributed by atoms with Gasteiger partial charge in [-0.3, -0.25) is 14.9 Å². The molecule has 0 aliphatic heterocycles. The Hall–Kier alpha value is -2.11. The lowest BCUT2D eigenvalue weighted by molar-refractivity contribution is -0.384. The van der Waals surface area contributed by atoms with Crippen LogP contribution in [-0.4, -0.2) is 22.5 Å². The third kappa shape index (κ3) is 3.46. The Morgan fingerprint density at radius 2 is 1.95 bits per heavy atom. The summed E-state index contributed by atoms with van der Waals surface area (Å²) >= 11 is 0. The molecule has 1 aromatic rings. The van der Waals surface area contributed by atoms with E-state index in [1.165, 1.54) is 6.07 Å². The maximum absolute atomic E-state index is 10.9. The summed E-state index contributed by atoms with van der Waals surface area (Å²) in [4.78, 5) is 21.4. The molecule has 0 aromatic heterocycles. The van der Waals surface area contributed by atoms with E-state index in [4.69, 9.17) is 5.11 Å². The molecule has 0 saturated heterocycles. The lowest BCUT2D eigenvalue weighted by Gasteiger charge is -2.26. The fourth-order valence-corrected chi connectivity index (χ4v) is 2.65. The number of nitrogens with one attached hydrogen (secondary N) is 1. The molecule has 0 atom stereocenters. The normalized spacial score (nSPS) is 22.2. The third-order valence-corrected chi connectivity index (χ3v) is 3.88. The SMILES string of the molecule is O=C(O)C1CCC(CNc2ccccc2[N+](=O)[O-])CC1. The van der Waals surface area contributed by atoms with Crippen molar-refractivity contribution in [2.75, 3.05) is 11.9 Å². The van der Waals surface area contributed by atoms with E-state index < -0.39 is 10.9 Å². The van der Waals surface area contributed by atoms with E-state index in [1.54, 1.807) is 18.2 Å². The van der Waals surface area contributed by atoms with E-state index in [0.717, 1.165) is 12.8 Å². The summed E-state index contributed by atoms with van der Waals surface area (Å²) in [5, 5.41) is 22.9. The zero-order valence-electron chi connectivity index (χ0n) is 11.1. The Labute approximate surface area is 117 Å². The molecule has 0 amide bonds. The highest BCUT2D eigenvalue weighted by Gasteiger charge is 2.26. The average Bonchev–Trinajstić information content (AvgIpc) is 2.45. The molecule has 20 heavy (non-hydrogen) atoms. The van der Waals surface area contributed by atoms with Gasteiger partial charge in [-0.1, -0.05) is 12.1 Å². The molecule has 1 saturated carbocycles. The van der Waals surface area contributed by atoms with Crippen LogP contribution in [0.1, 0.15) is 25.7 Å². The summed E-state index contributed by atoms with van der Waals surface area (Å²) in [7, 11) is 0. The van der Waals surface area contributed by atoms with Gasteiger partial charge in [-0.25, -0.2) is 0 Å². The number of aliphatic carboxylic acids is 1. The highest BCUT2D eigenvalue weighted by Crippen LogP contribution is 2.30. The van der Waals surface area contributed by atoms with Crippen molar-refractivity contribution >= 4 is 17.3 Å². The molecule has 1 aliphatic carbocycles. The van der Waals surface area contributed by atoms with Crippen molar-refractivity contribution in [2.45, 2.75) is 25.7 Å². The van der Waals surface area contributed by atoms with E-state index in [0.29, 0.717) is 31.0 Å². The topological polar surface area (TPSA) is 92.5 Å². The second-order valence-corrected chi connectivity index (χ2v) is 5.21. The number of rotatable bonds is 5. The molecule has 6 heteroatoms. The summed E-state index contributed by atoms with van der Waals surface area (Å²) < 4.78 is 0. The van der Waals surface area contributed by atoms with E-state index in [9.17, 15) is 14.9 Å². The summed E-state index contributed by atoms with van der Waals surface area (Å²) in [6, 6.07) is 6.57. The predicted octanol–water partition coefficient (Wildman–Crippen LogP) is 2.90. The van der Waals surface area contributed by atoms with Gasteiger partial charge in [0.05, 0.1) is 10.8 Å². The quantitative estimate of drug-likeness (QED) is 0.638. The lowest BCUT2D eigenvalue weighted by atomic mass is 9.82. The minimum Gasteiger partial charge on any atom is -0.481 e. The van der Waals surface area contributed by atoms with Crippen LogP contribution in [0.2, 0.25) is 0 Å². The van der Waals surface area contributed by atoms with Crippen molar-refractivity contribution in [2.24, 2.45) is 11.8 Å². The van der Waals surface area contributed by atoms with Crippen molar-refractivity contribution in [3.8, 4) is 0 Å². The number of anilines is 1. The van der Waals surface area contributed by atoms with Crippen LogP contribution < -0.4 is 5.32 Å². The maximum Gasteiger partial charge on any atom is 0.306 e. The molecule has 1 aromatic carbocycles. The van der Waals surface area contributed by atoms with Gasteiger partial charge in [-0.15, -0.1) is 0 Å². The molecule has 0 unspecified atom stereocenters. The zero-order valence-corrected chi connectivity index (χ0v) is 11.1. The van der Waals surface area contributed by atoms with Gasteiger partial charge >= 0.3 is 5.97 Å². The smallest absolute Gasteiger partial charge is 0.306 e. The Balaban J connectivity index is 1.88. The van der Waals surface area contributed by atoms with E-state index >= 15 is 0 Å². The first-order valence-electron chi connectivity index (χ1n) is 6.78. The van der Waals surface area contributed by atoms with Crippen LogP contribution in [-0.2, 0) is 4.79 Å². The zero-order chi connectivity index (χ0) is 14.5. The molecule has 0 radical (unpaired) electrons. The predicted molar refractivity (Wildman–Crippen MR) is 74.7 cm³/mol. The molecule has 0 spiro atoms. The van der Waals surface area contributed by atoms with E-state index in [1.807, 2.05) is 0 Å². The van der Waals surface area contributed by atoms with Gasteiger partial charge in [0.15, 0.2) is 0 Å².